The fourth-order valence-electron chi connectivity index (χ4n) is 2.20. The summed E-state index contributed by atoms with van der Waals surface area (Å²) >= 11 is 0. The van der Waals surface area contributed by atoms with Crippen molar-refractivity contribution < 1.29 is 13.2 Å². The molecule has 0 spiro atoms. The molecule has 0 N–H and O–H groups in total. The van der Waals surface area contributed by atoms with Crippen LogP contribution in [0.4, 0.5) is 0 Å². The van der Waals surface area contributed by atoms with Crippen molar-refractivity contribution in [1.29, 1.82) is 0 Å². The Morgan fingerprint density at radius 3 is 2.52 bits per heavy atom. The number of carbonyl (C=O) groups excluding carboxylic acids is 1. The molecule has 0 saturated carbocycles. The Kier molecular flexibility index (Phi) is 3.34. The number of aromatic nitrogens is 3. The molecule has 1 fully saturated rings. The maximum atomic E-state index is 12.5. The molecule has 8 heteroatoms. The van der Waals surface area contributed by atoms with Gasteiger partial charge in [0.25, 0.3) is 0 Å². The third-order valence-electron chi connectivity index (χ3n) is 3.47. The van der Waals surface area contributed by atoms with Gasteiger partial charge in [-0.2, -0.15) is 19.3 Å². The number of hydrogen-bond donors (Lipinski definition) is 0. The molecule has 3 rings (SSSR count). The molecule has 0 amide bonds. The van der Waals surface area contributed by atoms with E-state index < -0.39 is 10.0 Å². The van der Waals surface area contributed by atoms with Crippen molar-refractivity contribution in [2.24, 2.45) is 0 Å². The van der Waals surface area contributed by atoms with E-state index in [1.165, 1.54) is 28.2 Å². The molecular weight excluding hydrogens is 292 g/mol. The summed E-state index contributed by atoms with van der Waals surface area (Å²) in [4.78, 5) is 13.0. The molecule has 0 unspecified atom stereocenters. The van der Waals surface area contributed by atoms with Crippen LogP contribution in [0.2, 0.25) is 0 Å². The smallest absolute Gasteiger partial charge is 0.243 e. The van der Waals surface area contributed by atoms with Gasteiger partial charge in [0.15, 0.2) is 5.78 Å². The van der Waals surface area contributed by atoms with Crippen molar-refractivity contribution in [2.75, 3.05) is 13.1 Å². The molecule has 1 aliphatic heterocycles. The Bertz CT molecular complexity index is 764. The lowest BCUT2D eigenvalue weighted by atomic mass is 10.2. The lowest BCUT2D eigenvalue weighted by Crippen LogP contribution is -2.51. The first-order valence-corrected chi connectivity index (χ1v) is 7.89. The van der Waals surface area contributed by atoms with Crippen LogP contribution in [-0.2, 0) is 10.0 Å². The number of carbonyl (C=O) groups is 1. The normalized spacial score (nSPS) is 16.6. The quantitative estimate of drug-likeness (QED) is 0.777. The number of sulfonamides is 1. The van der Waals surface area contributed by atoms with Crippen molar-refractivity contribution in [1.82, 2.24) is 19.3 Å². The third-order valence-corrected chi connectivity index (χ3v) is 5.30. The minimum Gasteiger partial charge on any atom is -0.295 e. The number of benzene rings is 1. The zero-order chi connectivity index (χ0) is 15.0. The van der Waals surface area contributed by atoms with Gasteiger partial charge in [0.1, 0.15) is 0 Å². The minimum absolute atomic E-state index is 0.0363. The van der Waals surface area contributed by atoms with Crippen LogP contribution in [0.15, 0.2) is 41.6 Å². The van der Waals surface area contributed by atoms with E-state index in [-0.39, 0.29) is 16.7 Å². The molecule has 110 valence electrons. The van der Waals surface area contributed by atoms with Crippen LogP contribution in [0.5, 0.6) is 0 Å². The van der Waals surface area contributed by atoms with E-state index in [1.807, 2.05) is 0 Å². The Labute approximate surface area is 122 Å². The fourth-order valence-corrected chi connectivity index (χ4v) is 3.76. The molecular formula is C13H14N4O3S. The Morgan fingerprint density at radius 2 is 1.90 bits per heavy atom. The average molecular weight is 306 g/mol. The molecule has 2 heterocycles. The van der Waals surface area contributed by atoms with E-state index in [1.54, 1.807) is 24.5 Å². The Balaban J connectivity index is 1.79. The highest BCUT2D eigenvalue weighted by Gasteiger charge is 2.38. The number of ketones is 1. The van der Waals surface area contributed by atoms with E-state index in [9.17, 15) is 13.2 Å². The predicted octanol–water partition coefficient (Wildman–Crippen LogP) is 0.726. The van der Waals surface area contributed by atoms with E-state index >= 15 is 0 Å². The van der Waals surface area contributed by atoms with Crippen LogP contribution < -0.4 is 0 Å². The predicted molar refractivity (Wildman–Crippen MR) is 74.3 cm³/mol. The summed E-state index contributed by atoms with van der Waals surface area (Å²) in [6.07, 6.45) is 3.13. The first-order chi connectivity index (χ1) is 9.98. The minimum atomic E-state index is -3.57. The highest BCUT2D eigenvalue weighted by Crippen LogP contribution is 2.27. The second kappa shape index (κ2) is 5.05. The SMILES string of the molecule is CC(=O)c1cccc(S(=O)(=O)N2CC(n3nccn3)C2)c1. The summed E-state index contributed by atoms with van der Waals surface area (Å²) < 4.78 is 26.3. The van der Waals surface area contributed by atoms with E-state index in [4.69, 9.17) is 0 Å². The van der Waals surface area contributed by atoms with E-state index in [2.05, 4.69) is 10.2 Å². The third kappa shape index (κ3) is 2.47. The van der Waals surface area contributed by atoms with Crippen molar-refractivity contribution in [3.05, 3.63) is 42.2 Å². The van der Waals surface area contributed by atoms with Gasteiger partial charge in [-0.05, 0) is 19.1 Å². The highest BCUT2D eigenvalue weighted by molar-refractivity contribution is 7.89. The van der Waals surface area contributed by atoms with Crippen molar-refractivity contribution >= 4 is 15.8 Å². The number of Topliss-reactive ketones (excluding diaryl/α,β-unsaturated/α-hetero) is 1. The number of hydrogen-bond acceptors (Lipinski definition) is 5. The first kappa shape index (κ1) is 13.9. The molecule has 7 nitrogen and oxygen atoms in total. The summed E-state index contributed by atoms with van der Waals surface area (Å²) in [6.45, 7) is 2.08. The van der Waals surface area contributed by atoms with Gasteiger partial charge in [-0.3, -0.25) is 4.79 Å². The lowest BCUT2D eigenvalue weighted by molar-refractivity contribution is 0.101. The summed E-state index contributed by atoms with van der Waals surface area (Å²) in [5.74, 6) is -0.158. The summed E-state index contributed by atoms with van der Waals surface area (Å²) in [6, 6.07) is 6.06. The van der Waals surface area contributed by atoms with Gasteiger partial charge in [0.05, 0.1) is 23.3 Å². The van der Waals surface area contributed by atoms with Crippen LogP contribution in [-0.4, -0.2) is 46.6 Å². The maximum absolute atomic E-state index is 12.5. The zero-order valence-electron chi connectivity index (χ0n) is 11.4. The fraction of sp³-hybridized carbons (Fsp3) is 0.308. The van der Waals surface area contributed by atoms with Gasteiger partial charge in [-0.25, -0.2) is 8.42 Å². The van der Waals surface area contributed by atoms with Crippen LogP contribution >= 0.6 is 0 Å². The molecule has 0 atom stereocenters. The topological polar surface area (TPSA) is 85.2 Å². The molecule has 1 aromatic carbocycles. The van der Waals surface area contributed by atoms with E-state index in [0.29, 0.717) is 18.7 Å². The molecule has 1 aromatic heterocycles. The van der Waals surface area contributed by atoms with Crippen LogP contribution in [0.3, 0.4) is 0 Å². The summed E-state index contributed by atoms with van der Waals surface area (Å²) in [5, 5.41) is 8.01. The van der Waals surface area contributed by atoms with Gasteiger partial charge in [0.2, 0.25) is 10.0 Å². The van der Waals surface area contributed by atoms with Gasteiger partial charge in [-0.15, -0.1) is 0 Å². The Morgan fingerprint density at radius 1 is 1.24 bits per heavy atom. The lowest BCUT2D eigenvalue weighted by Gasteiger charge is -2.37. The molecule has 0 bridgehead atoms. The summed E-state index contributed by atoms with van der Waals surface area (Å²) in [7, 11) is -3.57. The average Bonchev–Trinajstić information content (AvgIpc) is 2.90. The number of rotatable bonds is 4. The standard InChI is InChI=1S/C13H14N4O3S/c1-10(18)11-3-2-4-13(7-11)21(19,20)16-8-12(9-16)17-14-5-6-15-17/h2-7,12H,8-9H2,1H3. The molecule has 21 heavy (non-hydrogen) atoms. The Hall–Kier alpha value is -2.06. The van der Waals surface area contributed by atoms with Crippen molar-refractivity contribution in [3.63, 3.8) is 0 Å². The van der Waals surface area contributed by atoms with Crippen LogP contribution in [0.25, 0.3) is 0 Å². The second-order valence-corrected chi connectivity index (χ2v) is 6.85. The van der Waals surface area contributed by atoms with Crippen molar-refractivity contribution in [2.45, 2.75) is 17.9 Å². The summed E-state index contributed by atoms with van der Waals surface area (Å²) in [5.41, 5.74) is 0.391. The number of nitrogens with zero attached hydrogens (tertiary/aromatic N) is 4. The highest BCUT2D eigenvalue weighted by atomic mass is 32.2. The van der Waals surface area contributed by atoms with Crippen LogP contribution in [0, 0.1) is 0 Å². The van der Waals surface area contributed by atoms with Gasteiger partial charge in [0, 0.05) is 18.7 Å². The molecule has 0 aliphatic carbocycles. The van der Waals surface area contributed by atoms with Gasteiger partial charge >= 0.3 is 0 Å². The van der Waals surface area contributed by atoms with Crippen LogP contribution in [0.1, 0.15) is 23.3 Å². The molecule has 1 aliphatic rings. The first-order valence-electron chi connectivity index (χ1n) is 6.45. The van der Waals surface area contributed by atoms with Crippen molar-refractivity contribution in [3.8, 4) is 0 Å². The zero-order valence-corrected chi connectivity index (χ0v) is 12.2. The maximum Gasteiger partial charge on any atom is 0.243 e. The second-order valence-electron chi connectivity index (χ2n) is 4.91. The molecule has 2 aromatic rings. The van der Waals surface area contributed by atoms with Gasteiger partial charge in [-0.1, -0.05) is 12.1 Å². The molecule has 1 saturated heterocycles. The van der Waals surface area contributed by atoms with Gasteiger partial charge < -0.3 is 0 Å². The monoisotopic (exact) mass is 306 g/mol. The largest absolute Gasteiger partial charge is 0.295 e. The van der Waals surface area contributed by atoms with E-state index in [0.717, 1.165) is 0 Å². The molecule has 0 radical (unpaired) electrons.